The molecular formula is C26H23N3O5S. The summed E-state index contributed by atoms with van der Waals surface area (Å²) in [7, 11) is 0. The number of ketones is 1. The summed E-state index contributed by atoms with van der Waals surface area (Å²) in [6.07, 6.45) is 0. The Bertz CT molecular complexity index is 1230. The van der Waals surface area contributed by atoms with E-state index in [0.717, 1.165) is 42.5 Å². The normalized spacial score (nSPS) is 15.6. The highest BCUT2D eigenvalue weighted by Crippen LogP contribution is 2.28. The second-order valence-corrected chi connectivity index (χ2v) is 8.82. The van der Waals surface area contributed by atoms with Gasteiger partial charge in [0, 0.05) is 10.9 Å². The number of benzene rings is 2. The number of imide groups is 1. The molecule has 0 saturated carbocycles. The second kappa shape index (κ2) is 11.1. The van der Waals surface area contributed by atoms with Crippen LogP contribution in [0.5, 0.6) is 0 Å². The number of carbonyl (C=O) groups excluding carboxylic acids is 3. The number of hydrogen-bond acceptors (Lipinski definition) is 8. The van der Waals surface area contributed by atoms with Gasteiger partial charge in [0.1, 0.15) is 5.01 Å². The third-order valence-electron chi connectivity index (χ3n) is 5.50. The fourth-order valence-electron chi connectivity index (χ4n) is 3.61. The molecule has 2 aromatic carbocycles. The largest absolute Gasteiger partial charge is 0.377 e. The fraction of sp³-hybridized carbons (Fsp3) is 0.269. The van der Waals surface area contributed by atoms with Crippen molar-refractivity contribution in [1.82, 2.24) is 9.88 Å². The average molecular weight is 490 g/mol. The summed E-state index contributed by atoms with van der Waals surface area (Å²) in [6, 6.07) is 16.2. The highest BCUT2D eigenvalue weighted by molar-refractivity contribution is 7.10. The molecule has 8 nitrogen and oxygen atoms in total. The zero-order valence-electron chi connectivity index (χ0n) is 19.1. The molecule has 0 aliphatic carbocycles. The minimum absolute atomic E-state index is 0.273. The van der Waals surface area contributed by atoms with Crippen molar-refractivity contribution in [3.8, 4) is 17.3 Å². The molecule has 1 unspecified atom stereocenters. The number of thiazole rings is 1. The molecule has 2 aliphatic rings. The molecule has 1 saturated heterocycles. The Morgan fingerprint density at radius 1 is 1.03 bits per heavy atom. The van der Waals surface area contributed by atoms with E-state index >= 15 is 0 Å². The van der Waals surface area contributed by atoms with Gasteiger partial charge in [-0.05, 0) is 19.1 Å². The van der Waals surface area contributed by atoms with Gasteiger partial charge in [-0.15, -0.1) is 11.3 Å². The smallest absolute Gasteiger partial charge is 0.261 e. The summed E-state index contributed by atoms with van der Waals surface area (Å²) < 4.78 is 9.89. The standard InChI is InChI=1S/C22H15N3O3S.C4H8O2/c1-13-6-8-14(9-7-13)18-12-29-20(24-18)17(10-23)19(26)11-25-21(27)15-4-2-3-5-16(15)22(25)28;1-2-6-4-3-5-1/h2-9,12,17H,11H2,1H3;1-4H2. The molecule has 5 rings (SSSR count). The first kappa shape index (κ1) is 24.4. The predicted molar refractivity (Wildman–Crippen MR) is 129 cm³/mol. The lowest BCUT2D eigenvalue weighted by atomic mass is 10.1. The number of rotatable bonds is 5. The van der Waals surface area contributed by atoms with Crippen LogP contribution in [-0.4, -0.2) is 60.5 Å². The van der Waals surface area contributed by atoms with Crippen molar-refractivity contribution in [2.24, 2.45) is 0 Å². The van der Waals surface area contributed by atoms with Crippen LogP contribution in [0.4, 0.5) is 0 Å². The van der Waals surface area contributed by atoms with E-state index in [1.165, 1.54) is 11.3 Å². The number of fused-ring (bicyclic) bond motifs is 1. The fourth-order valence-corrected chi connectivity index (χ4v) is 4.50. The highest BCUT2D eigenvalue weighted by Gasteiger charge is 2.38. The maximum atomic E-state index is 12.8. The Hall–Kier alpha value is -3.71. The molecule has 1 fully saturated rings. The van der Waals surface area contributed by atoms with E-state index in [1.807, 2.05) is 37.3 Å². The minimum atomic E-state index is -1.14. The van der Waals surface area contributed by atoms with Gasteiger partial charge in [-0.1, -0.05) is 42.0 Å². The number of hydrogen-bond donors (Lipinski definition) is 0. The van der Waals surface area contributed by atoms with Crippen molar-refractivity contribution >= 4 is 28.9 Å². The molecule has 2 aliphatic heterocycles. The molecule has 0 bridgehead atoms. The first-order chi connectivity index (χ1) is 17.0. The van der Waals surface area contributed by atoms with Crippen molar-refractivity contribution in [3.05, 3.63) is 75.6 Å². The molecular weight excluding hydrogens is 466 g/mol. The Morgan fingerprint density at radius 3 is 2.11 bits per heavy atom. The number of nitriles is 1. The van der Waals surface area contributed by atoms with Gasteiger partial charge in [0.05, 0.1) is 55.9 Å². The van der Waals surface area contributed by atoms with E-state index in [0.29, 0.717) is 10.7 Å². The predicted octanol–water partition coefficient (Wildman–Crippen LogP) is 3.62. The van der Waals surface area contributed by atoms with Crippen molar-refractivity contribution in [1.29, 1.82) is 5.26 Å². The van der Waals surface area contributed by atoms with E-state index in [-0.39, 0.29) is 11.1 Å². The molecule has 178 valence electrons. The van der Waals surface area contributed by atoms with Crippen LogP contribution in [0.2, 0.25) is 0 Å². The van der Waals surface area contributed by atoms with Crippen LogP contribution in [0.1, 0.15) is 37.2 Å². The maximum absolute atomic E-state index is 12.8. The lowest BCUT2D eigenvalue weighted by molar-refractivity contribution is -0.119. The third kappa shape index (κ3) is 5.52. The van der Waals surface area contributed by atoms with Crippen LogP contribution in [0.15, 0.2) is 53.9 Å². The molecule has 9 heteroatoms. The van der Waals surface area contributed by atoms with Crippen LogP contribution >= 0.6 is 11.3 Å². The lowest BCUT2D eigenvalue weighted by Gasteiger charge is -2.14. The molecule has 0 radical (unpaired) electrons. The monoisotopic (exact) mass is 489 g/mol. The Balaban J connectivity index is 0.000000421. The van der Waals surface area contributed by atoms with Crippen LogP contribution in [0, 0.1) is 18.3 Å². The van der Waals surface area contributed by atoms with Crippen LogP contribution in [0.25, 0.3) is 11.3 Å². The molecule has 3 heterocycles. The number of amides is 2. The second-order valence-electron chi connectivity index (χ2n) is 7.93. The average Bonchev–Trinajstić information content (AvgIpc) is 3.46. The van der Waals surface area contributed by atoms with E-state index < -0.39 is 30.1 Å². The van der Waals surface area contributed by atoms with Crippen molar-refractivity contribution in [3.63, 3.8) is 0 Å². The third-order valence-corrected chi connectivity index (χ3v) is 6.41. The molecule has 3 aromatic rings. The van der Waals surface area contributed by atoms with Gasteiger partial charge in [-0.2, -0.15) is 5.26 Å². The van der Waals surface area contributed by atoms with Gasteiger partial charge in [0.25, 0.3) is 11.8 Å². The van der Waals surface area contributed by atoms with Crippen LogP contribution in [-0.2, 0) is 14.3 Å². The summed E-state index contributed by atoms with van der Waals surface area (Å²) in [5.74, 6) is -2.71. The maximum Gasteiger partial charge on any atom is 0.261 e. The van der Waals surface area contributed by atoms with Crippen LogP contribution < -0.4 is 0 Å². The summed E-state index contributed by atoms with van der Waals surface area (Å²) in [5, 5.41) is 11.7. The number of carbonyl (C=O) groups is 3. The first-order valence-corrected chi connectivity index (χ1v) is 11.9. The van der Waals surface area contributed by atoms with Gasteiger partial charge >= 0.3 is 0 Å². The zero-order valence-corrected chi connectivity index (χ0v) is 19.9. The summed E-state index contributed by atoms with van der Waals surface area (Å²) >= 11 is 1.21. The molecule has 2 amide bonds. The lowest BCUT2D eigenvalue weighted by Crippen LogP contribution is -2.36. The Kier molecular flexibility index (Phi) is 7.77. The first-order valence-electron chi connectivity index (χ1n) is 11.0. The number of aromatic nitrogens is 1. The molecule has 1 aromatic heterocycles. The van der Waals surface area contributed by atoms with Gasteiger partial charge in [-0.25, -0.2) is 4.98 Å². The van der Waals surface area contributed by atoms with Crippen molar-refractivity contribution < 1.29 is 23.9 Å². The molecule has 1 atom stereocenters. The molecule has 0 spiro atoms. The summed E-state index contributed by atoms with van der Waals surface area (Å²) in [4.78, 5) is 43.0. The van der Waals surface area contributed by atoms with Crippen LogP contribution in [0.3, 0.4) is 0 Å². The van der Waals surface area contributed by atoms with Gasteiger partial charge < -0.3 is 9.47 Å². The number of nitrogens with zero attached hydrogens (tertiary/aromatic N) is 3. The minimum Gasteiger partial charge on any atom is -0.377 e. The highest BCUT2D eigenvalue weighted by atomic mass is 32.1. The number of ether oxygens (including phenoxy) is 2. The topological polar surface area (TPSA) is 110 Å². The Labute approximate surface area is 206 Å². The van der Waals surface area contributed by atoms with Gasteiger partial charge in [-0.3, -0.25) is 19.3 Å². The molecule has 0 N–H and O–H groups in total. The number of aryl methyl sites for hydroxylation is 1. The quantitative estimate of drug-likeness (QED) is 0.504. The van der Waals surface area contributed by atoms with E-state index in [1.54, 1.807) is 29.6 Å². The summed E-state index contributed by atoms with van der Waals surface area (Å²) in [5.41, 5.74) is 3.24. The van der Waals surface area contributed by atoms with Gasteiger partial charge in [0.2, 0.25) is 0 Å². The van der Waals surface area contributed by atoms with Crippen molar-refractivity contribution in [2.45, 2.75) is 12.8 Å². The van der Waals surface area contributed by atoms with E-state index in [4.69, 9.17) is 9.47 Å². The Morgan fingerprint density at radius 2 is 1.60 bits per heavy atom. The zero-order chi connectivity index (χ0) is 24.8. The van der Waals surface area contributed by atoms with E-state index in [2.05, 4.69) is 4.98 Å². The van der Waals surface area contributed by atoms with E-state index in [9.17, 15) is 19.6 Å². The number of Topliss-reactive ketones (excluding diaryl/α,β-unsaturated/α-hetero) is 1. The molecule has 35 heavy (non-hydrogen) atoms. The SMILES string of the molecule is C1COCCO1.Cc1ccc(-c2csc(C(C#N)C(=O)CN3C(=O)c4ccccc4C3=O)n2)cc1. The van der Waals surface area contributed by atoms with Gasteiger partial charge in [0.15, 0.2) is 11.7 Å². The summed E-state index contributed by atoms with van der Waals surface area (Å²) in [6.45, 7) is 4.64. The van der Waals surface area contributed by atoms with Crippen molar-refractivity contribution in [2.75, 3.05) is 33.0 Å².